The number of carbonyl (C=O) groups excluding carboxylic acids is 2. The molecule has 6 nitrogen and oxygen atoms in total. The summed E-state index contributed by atoms with van der Waals surface area (Å²) in [5.74, 6) is 0.320. The molecule has 0 unspecified atom stereocenters. The predicted octanol–water partition coefficient (Wildman–Crippen LogP) is 1.32. The maximum absolute atomic E-state index is 12.4. The number of hydrogen-bond acceptors (Lipinski definition) is 4. The number of amides is 2. The topological polar surface area (TPSA) is 81.9 Å². The summed E-state index contributed by atoms with van der Waals surface area (Å²) < 4.78 is 10.8. The lowest BCUT2D eigenvalue weighted by atomic mass is 9.96. The molecule has 0 spiro atoms. The smallest absolute Gasteiger partial charge is 0.251 e. The Morgan fingerprint density at radius 1 is 1.35 bits per heavy atom. The number of benzene rings is 1. The van der Waals surface area contributed by atoms with Crippen LogP contribution in [-0.4, -0.2) is 43.0 Å². The number of methoxy groups -OCH3 is 1. The standard InChI is InChI=1S/C17H24N2O4/c1-12(23-11-13-4-3-5-15(10-13)22-2)17(21)19-8-6-14(7-9-19)16(18)20/h3-5,10,12,14H,6-9,11H2,1-2H3,(H2,18,20)/t12-/m1/s1. The van der Waals surface area contributed by atoms with Gasteiger partial charge in [0, 0.05) is 19.0 Å². The Bertz CT molecular complexity index is 553. The van der Waals surface area contributed by atoms with Gasteiger partial charge in [0.05, 0.1) is 13.7 Å². The van der Waals surface area contributed by atoms with Gasteiger partial charge in [0.25, 0.3) is 5.91 Å². The average Bonchev–Trinajstić information content (AvgIpc) is 2.59. The number of rotatable bonds is 6. The fraction of sp³-hybridized carbons (Fsp3) is 0.529. The van der Waals surface area contributed by atoms with Crippen LogP contribution in [0.2, 0.25) is 0 Å². The molecule has 1 heterocycles. The molecule has 126 valence electrons. The lowest BCUT2D eigenvalue weighted by Gasteiger charge is -2.32. The maximum Gasteiger partial charge on any atom is 0.251 e. The van der Waals surface area contributed by atoms with Gasteiger partial charge in [-0.25, -0.2) is 0 Å². The van der Waals surface area contributed by atoms with Gasteiger partial charge in [-0.1, -0.05) is 12.1 Å². The Balaban J connectivity index is 1.82. The summed E-state index contributed by atoms with van der Waals surface area (Å²) in [5, 5.41) is 0. The average molecular weight is 320 g/mol. The van der Waals surface area contributed by atoms with Crippen LogP contribution >= 0.6 is 0 Å². The van der Waals surface area contributed by atoms with Gasteiger partial charge in [-0.05, 0) is 37.5 Å². The van der Waals surface area contributed by atoms with Gasteiger partial charge in [0.1, 0.15) is 11.9 Å². The van der Waals surface area contributed by atoms with Gasteiger partial charge in [-0.3, -0.25) is 9.59 Å². The first-order valence-electron chi connectivity index (χ1n) is 7.84. The molecule has 1 saturated heterocycles. The first-order valence-corrected chi connectivity index (χ1v) is 7.84. The van der Waals surface area contributed by atoms with Gasteiger partial charge >= 0.3 is 0 Å². The molecule has 0 aromatic heterocycles. The molecule has 0 bridgehead atoms. The molecule has 1 fully saturated rings. The molecule has 0 saturated carbocycles. The van der Waals surface area contributed by atoms with Gasteiger partial charge in [0.2, 0.25) is 5.91 Å². The van der Waals surface area contributed by atoms with E-state index in [0.717, 1.165) is 11.3 Å². The molecule has 2 rings (SSSR count). The van der Waals surface area contributed by atoms with Crippen LogP contribution < -0.4 is 10.5 Å². The number of primary amides is 1. The van der Waals surface area contributed by atoms with Crippen molar-refractivity contribution in [2.45, 2.75) is 32.5 Å². The summed E-state index contributed by atoms with van der Waals surface area (Å²) in [6.07, 6.45) is 0.735. The molecule has 1 aromatic rings. The molecule has 2 amide bonds. The summed E-state index contributed by atoms with van der Waals surface area (Å²) in [7, 11) is 1.61. The highest BCUT2D eigenvalue weighted by molar-refractivity contribution is 5.81. The van der Waals surface area contributed by atoms with Crippen molar-refractivity contribution in [2.75, 3.05) is 20.2 Å². The van der Waals surface area contributed by atoms with Gasteiger partial charge in [-0.15, -0.1) is 0 Å². The second-order valence-corrected chi connectivity index (χ2v) is 5.81. The Labute approximate surface area is 136 Å². The zero-order chi connectivity index (χ0) is 16.8. The summed E-state index contributed by atoms with van der Waals surface area (Å²) in [6.45, 7) is 3.21. The molecular formula is C17H24N2O4. The van der Waals surface area contributed by atoms with Crippen molar-refractivity contribution in [1.29, 1.82) is 0 Å². The zero-order valence-electron chi connectivity index (χ0n) is 13.7. The van der Waals surface area contributed by atoms with E-state index >= 15 is 0 Å². The Kier molecular flexibility index (Phi) is 5.98. The van der Waals surface area contributed by atoms with Crippen molar-refractivity contribution in [3.63, 3.8) is 0 Å². The van der Waals surface area contributed by atoms with E-state index in [4.69, 9.17) is 15.2 Å². The molecule has 2 N–H and O–H groups in total. The van der Waals surface area contributed by atoms with Crippen LogP contribution in [0.5, 0.6) is 5.75 Å². The number of nitrogens with two attached hydrogens (primary N) is 1. The summed E-state index contributed by atoms with van der Waals surface area (Å²) in [5.41, 5.74) is 6.26. The first kappa shape index (κ1) is 17.3. The van der Waals surface area contributed by atoms with Crippen molar-refractivity contribution in [2.24, 2.45) is 11.7 Å². The fourth-order valence-electron chi connectivity index (χ4n) is 2.70. The van der Waals surface area contributed by atoms with Crippen LogP contribution in [0.1, 0.15) is 25.3 Å². The van der Waals surface area contributed by atoms with E-state index in [2.05, 4.69) is 0 Å². The summed E-state index contributed by atoms with van der Waals surface area (Å²) >= 11 is 0. The van der Waals surface area contributed by atoms with Gasteiger partial charge < -0.3 is 20.1 Å². The third kappa shape index (κ3) is 4.69. The number of ether oxygens (including phenoxy) is 2. The minimum Gasteiger partial charge on any atom is -0.497 e. The fourth-order valence-corrected chi connectivity index (χ4v) is 2.70. The summed E-state index contributed by atoms with van der Waals surface area (Å²) in [4.78, 5) is 25.3. The Hall–Kier alpha value is -2.08. The second kappa shape index (κ2) is 7.97. The van der Waals surface area contributed by atoms with E-state index in [1.54, 1.807) is 18.9 Å². The van der Waals surface area contributed by atoms with Crippen molar-refractivity contribution in [3.8, 4) is 5.75 Å². The number of hydrogen-bond donors (Lipinski definition) is 1. The highest BCUT2D eigenvalue weighted by atomic mass is 16.5. The highest BCUT2D eigenvalue weighted by Gasteiger charge is 2.28. The van der Waals surface area contributed by atoms with E-state index in [-0.39, 0.29) is 17.7 Å². The molecule has 6 heteroatoms. The molecule has 1 aliphatic rings. The van der Waals surface area contributed by atoms with Crippen molar-refractivity contribution in [3.05, 3.63) is 29.8 Å². The minimum absolute atomic E-state index is 0.0455. The number of carbonyl (C=O) groups is 2. The number of likely N-dealkylation sites (tertiary alicyclic amines) is 1. The maximum atomic E-state index is 12.4. The van der Waals surface area contributed by atoms with E-state index in [1.807, 2.05) is 24.3 Å². The van der Waals surface area contributed by atoms with E-state index in [1.165, 1.54) is 0 Å². The largest absolute Gasteiger partial charge is 0.497 e. The minimum atomic E-state index is -0.522. The van der Waals surface area contributed by atoms with E-state index in [0.29, 0.717) is 32.5 Å². The Morgan fingerprint density at radius 3 is 2.65 bits per heavy atom. The normalized spacial score (nSPS) is 16.9. The Morgan fingerprint density at radius 2 is 2.04 bits per heavy atom. The van der Waals surface area contributed by atoms with Crippen LogP contribution in [0.15, 0.2) is 24.3 Å². The van der Waals surface area contributed by atoms with Crippen LogP contribution in [0.4, 0.5) is 0 Å². The van der Waals surface area contributed by atoms with Crippen LogP contribution in [0.3, 0.4) is 0 Å². The molecule has 23 heavy (non-hydrogen) atoms. The SMILES string of the molecule is COc1cccc(CO[C@H](C)C(=O)N2CCC(C(N)=O)CC2)c1. The van der Waals surface area contributed by atoms with Crippen LogP contribution in [0.25, 0.3) is 0 Å². The van der Waals surface area contributed by atoms with E-state index in [9.17, 15) is 9.59 Å². The first-order chi connectivity index (χ1) is 11.0. The van der Waals surface area contributed by atoms with Crippen molar-refractivity contribution in [1.82, 2.24) is 4.90 Å². The molecule has 1 aromatic carbocycles. The molecule has 1 aliphatic heterocycles. The van der Waals surface area contributed by atoms with Crippen LogP contribution in [-0.2, 0) is 20.9 Å². The summed E-state index contributed by atoms with van der Waals surface area (Å²) in [6, 6.07) is 7.56. The van der Waals surface area contributed by atoms with Crippen molar-refractivity contribution >= 4 is 11.8 Å². The third-order valence-corrected chi connectivity index (χ3v) is 4.19. The quantitative estimate of drug-likeness (QED) is 0.857. The molecule has 1 atom stereocenters. The van der Waals surface area contributed by atoms with E-state index < -0.39 is 6.10 Å². The van der Waals surface area contributed by atoms with Gasteiger partial charge in [0.15, 0.2) is 0 Å². The molecule has 0 aliphatic carbocycles. The zero-order valence-corrected chi connectivity index (χ0v) is 13.7. The lowest BCUT2D eigenvalue weighted by Crippen LogP contribution is -2.45. The predicted molar refractivity (Wildman–Crippen MR) is 85.7 cm³/mol. The molecule has 0 radical (unpaired) electrons. The number of nitrogens with zero attached hydrogens (tertiary/aromatic N) is 1. The van der Waals surface area contributed by atoms with Crippen molar-refractivity contribution < 1.29 is 19.1 Å². The van der Waals surface area contributed by atoms with Gasteiger partial charge in [-0.2, -0.15) is 0 Å². The lowest BCUT2D eigenvalue weighted by molar-refractivity contribution is -0.145. The highest BCUT2D eigenvalue weighted by Crippen LogP contribution is 2.18. The molecular weight excluding hydrogens is 296 g/mol. The van der Waals surface area contributed by atoms with Crippen LogP contribution in [0, 0.1) is 5.92 Å². The number of piperidine rings is 1. The monoisotopic (exact) mass is 320 g/mol. The third-order valence-electron chi connectivity index (χ3n) is 4.19. The second-order valence-electron chi connectivity index (χ2n) is 5.81.